The molecule has 3 nitrogen and oxygen atoms in total. The van der Waals surface area contributed by atoms with Crippen LogP contribution in [0, 0.1) is 0 Å². The van der Waals surface area contributed by atoms with Crippen molar-refractivity contribution < 1.29 is 14.9 Å². The second-order valence-electron chi connectivity index (χ2n) is 5.01. The molecular weight excluding hydrogens is 216 g/mol. The summed E-state index contributed by atoms with van der Waals surface area (Å²) in [5.74, 6) is 0. The van der Waals surface area contributed by atoms with E-state index in [4.69, 9.17) is 4.74 Å². The van der Waals surface area contributed by atoms with Crippen LogP contribution < -0.4 is 0 Å². The summed E-state index contributed by atoms with van der Waals surface area (Å²) in [4.78, 5) is 0. The van der Waals surface area contributed by atoms with Gasteiger partial charge in [-0.3, -0.25) is 0 Å². The molecule has 1 atom stereocenters. The zero-order valence-electron chi connectivity index (χ0n) is 10.6. The predicted octanol–water partition coefficient (Wildman–Crippen LogP) is 2.12. The molecule has 0 aliphatic rings. The lowest BCUT2D eigenvalue weighted by Crippen LogP contribution is -2.23. The highest BCUT2D eigenvalue weighted by molar-refractivity contribution is 5.13. The fraction of sp³-hybridized carbons (Fsp3) is 0.571. The zero-order valence-corrected chi connectivity index (χ0v) is 10.6. The molecule has 3 heteroatoms. The third kappa shape index (κ3) is 7.10. The zero-order chi connectivity index (χ0) is 12.7. The van der Waals surface area contributed by atoms with Gasteiger partial charge in [-0.15, -0.1) is 0 Å². The van der Waals surface area contributed by atoms with E-state index in [0.717, 1.165) is 5.56 Å². The Morgan fingerprint density at radius 2 is 1.88 bits per heavy atom. The lowest BCUT2D eigenvalue weighted by molar-refractivity contribution is 0.00339. The average Bonchev–Trinajstić information content (AvgIpc) is 2.27. The van der Waals surface area contributed by atoms with Gasteiger partial charge < -0.3 is 14.9 Å². The maximum atomic E-state index is 9.65. The first kappa shape index (κ1) is 14.2. The molecule has 0 bridgehead atoms. The molecule has 0 spiro atoms. The van der Waals surface area contributed by atoms with E-state index in [1.165, 1.54) is 0 Å². The van der Waals surface area contributed by atoms with Gasteiger partial charge in [0.05, 0.1) is 24.9 Å². The van der Waals surface area contributed by atoms with Gasteiger partial charge in [0.1, 0.15) is 0 Å². The van der Waals surface area contributed by atoms with Gasteiger partial charge in [0.15, 0.2) is 0 Å². The molecule has 96 valence electrons. The Kier molecular flexibility index (Phi) is 5.62. The smallest absolute Gasteiger partial charge is 0.0774 e. The van der Waals surface area contributed by atoms with Gasteiger partial charge >= 0.3 is 0 Å². The molecule has 0 saturated heterocycles. The molecule has 1 aromatic rings. The molecule has 17 heavy (non-hydrogen) atoms. The van der Waals surface area contributed by atoms with Crippen LogP contribution in [-0.4, -0.2) is 28.5 Å². The van der Waals surface area contributed by atoms with E-state index in [1.54, 1.807) is 13.8 Å². The second kappa shape index (κ2) is 6.74. The molecule has 0 aliphatic heterocycles. The highest BCUT2D eigenvalue weighted by Crippen LogP contribution is 2.12. The summed E-state index contributed by atoms with van der Waals surface area (Å²) in [6, 6.07) is 9.86. The Balaban J connectivity index is 2.14. The minimum Gasteiger partial charge on any atom is -0.391 e. The van der Waals surface area contributed by atoms with Gasteiger partial charge in [-0.1, -0.05) is 30.3 Å². The molecular formula is C14H22O3. The summed E-state index contributed by atoms with van der Waals surface area (Å²) in [6.07, 6.45) is 0.617. The van der Waals surface area contributed by atoms with E-state index in [9.17, 15) is 10.2 Å². The van der Waals surface area contributed by atoms with Gasteiger partial charge in [0.25, 0.3) is 0 Å². The quantitative estimate of drug-likeness (QED) is 0.765. The van der Waals surface area contributed by atoms with E-state index in [2.05, 4.69) is 0 Å². The van der Waals surface area contributed by atoms with Crippen LogP contribution in [0.25, 0.3) is 0 Å². The third-order valence-electron chi connectivity index (χ3n) is 2.51. The molecule has 2 N–H and O–H groups in total. The van der Waals surface area contributed by atoms with Gasteiger partial charge in [-0.05, 0) is 32.3 Å². The summed E-state index contributed by atoms with van der Waals surface area (Å²) in [5.41, 5.74) is 0.377. The van der Waals surface area contributed by atoms with Crippen LogP contribution >= 0.6 is 0 Å². The maximum Gasteiger partial charge on any atom is 0.0774 e. The fourth-order valence-corrected chi connectivity index (χ4v) is 1.49. The van der Waals surface area contributed by atoms with Crippen molar-refractivity contribution in [3.05, 3.63) is 35.9 Å². The second-order valence-corrected chi connectivity index (χ2v) is 5.01. The maximum absolute atomic E-state index is 9.65. The highest BCUT2D eigenvalue weighted by atomic mass is 16.5. The van der Waals surface area contributed by atoms with E-state index in [1.807, 2.05) is 30.3 Å². The number of benzene rings is 1. The first-order valence-electron chi connectivity index (χ1n) is 5.99. The molecule has 0 aliphatic carbocycles. The van der Waals surface area contributed by atoms with Crippen molar-refractivity contribution in [3.63, 3.8) is 0 Å². The molecule has 0 heterocycles. The van der Waals surface area contributed by atoms with Crippen LogP contribution in [0.1, 0.15) is 32.3 Å². The van der Waals surface area contributed by atoms with Crippen molar-refractivity contribution in [3.8, 4) is 0 Å². The Bertz CT molecular complexity index is 303. The van der Waals surface area contributed by atoms with Crippen LogP contribution in [0.15, 0.2) is 30.3 Å². The molecule has 0 radical (unpaired) electrons. The largest absolute Gasteiger partial charge is 0.391 e. The summed E-state index contributed by atoms with van der Waals surface area (Å²) in [5, 5.41) is 19.2. The molecule has 0 aromatic heterocycles. The van der Waals surface area contributed by atoms with E-state index < -0.39 is 11.7 Å². The van der Waals surface area contributed by atoms with E-state index in [0.29, 0.717) is 26.1 Å². The molecule has 0 amide bonds. The third-order valence-corrected chi connectivity index (χ3v) is 2.51. The van der Waals surface area contributed by atoms with Gasteiger partial charge in [0, 0.05) is 0 Å². The monoisotopic (exact) mass is 238 g/mol. The number of ether oxygens (including phenoxy) is 1. The molecule has 0 unspecified atom stereocenters. The van der Waals surface area contributed by atoms with Crippen LogP contribution in [-0.2, 0) is 11.3 Å². The van der Waals surface area contributed by atoms with Crippen LogP contribution in [0.5, 0.6) is 0 Å². The number of aliphatic hydroxyl groups is 2. The number of hydrogen-bond acceptors (Lipinski definition) is 3. The SMILES string of the molecule is CC(C)(O)CC[C@H](O)COCc1ccccc1. The number of hydrogen-bond donors (Lipinski definition) is 2. The standard InChI is InChI=1S/C14H22O3/c1-14(2,16)9-8-13(15)11-17-10-12-6-4-3-5-7-12/h3-7,13,15-16H,8-11H2,1-2H3/t13-/m0/s1. The van der Waals surface area contributed by atoms with E-state index in [-0.39, 0.29) is 0 Å². The molecule has 0 fully saturated rings. The molecule has 0 saturated carbocycles. The topological polar surface area (TPSA) is 49.7 Å². The molecule has 1 rings (SSSR count). The van der Waals surface area contributed by atoms with Gasteiger partial charge in [0.2, 0.25) is 0 Å². The Morgan fingerprint density at radius 3 is 2.47 bits per heavy atom. The van der Waals surface area contributed by atoms with Crippen molar-refractivity contribution in [2.24, 2.45) is 0 Å². The number of aliphatic hydroxyl groups excluding tert-OH is 1. The Labute approximate surface area is 103 Å². The van der Waals surface area contributed by atoms with Crippen molar-refractivity contribution in [2.75, 3.05) is 6.61 Å². The lowest BCUT2D eigenvalue weighted by Gasteiger charge is -2.19. The highest BCUT2D eigenvalue weighted by Gasteiger charge is 2.15. The predicted molar refractivity (Wildman–Crippen MR) is 67.6 cm³/mol. The molecule has 1 aromatic carbocycles. The normalized spacial score (nSPS) is 13.6. The first-order valence-corrected chi connectivity index (χ1v) is 5.99. The fourth-order valence-electron chi connectivity index (χ4n) is 1.49. The van der Waals surface area contributed by atoms with E-state index >= 15 is 0 Å². The summed E-state index contributed by atoms with van der Waals surface area (Å²) in [7, 11) is 0. The minimum atomic E-state index is -0.722. The first-order chi connectivity index (χ1) is 7.97. The van der Waals surface area contributed by atoms with Crippen molar-refractivity contribution in [1.82, 2.24) is 0 Å². The summed E-state index contributed by atoms with van der Waals surface area (Å²) >= 11 is 0. The number of rotatable bonds is 7. The van der Waals surface area contributed by atoms with Gasteiger partial charge in [-0.25, -0.2) is 0 Å². The summed E-state index contributed by atoms with van der Waals surface area (Å²) < 4.78 is 5.42. The Morgan fingerprint density at radius 1 is 1.24 bits per heavy atom. The van der Waals surface area contributed by atoms with Crippen molar-refractivity contribution in [2.45, 2.75) is 45.0 Å². The van der Waals surface area contributed by atoms with Gasteiger partial charge in [-0.2, -0.15) is 0 Å². The minimum absolute atomic E-state index is 0.310. The lowest BCUT2D eigenvalue weighted by atomic mass is 10.0. The summed E-state index contributed by atoms with van der Waals surface area (Å²) in [6.45, 7) is 4.31. The van der Waals surface area contributed by atoms with Crippen LogP contribution in [0.4, 0.5) is 0 Å². The van der Waals surface area contributed by atoms with Crippen molar-refractivity contribution in [1.29, 1.82) is 0 Å². The van der Waals surface area contributed by atoms with Crippen molar-refractivity contribution >= 4 is 0 Å². The Hall–Kier alpha value is -0.900. The van der Waals surface area contributed by atoms with Crippen LogP contribution in [0.3, 0.4) is 0 Å². The average molecular weight is 238 g/mol. The van der Waals surface area contributed by atoms with Crippen LogP contribution in [0.2, 0.25) is 0 Å².